The highest BCUT2D eigenvalue weighted by Crippen LogP contribution is 2.21. The Morgan fingerprint density at radius 1 is 0.975 bits per heavy atom. The Morgan fingerprint density at radius 2 is 1.65 bits per heavy atom. The third-order valence-electron chi connectivity index (χ3n) is 6.38. The summed E-state index contributed by atoms with van der Waals surface area (Å²) in [6, 6.07) is 21.1. The number of likely N-dealkylation sites (N-methyl/N-ethyl adjacent to an activating group) is 1. The number of benzene rings is 3. The van der Waals surface area contributed by atoms with Crippen LogP contribution in [0.25, 0.3) is 0 Å². The topological polar surface area (TPSA) is 96.0 Å². The molecule has 0 aromatic heterocycles. The van der Waals surface area contributed by atoms with Gasteiger partial charge in [-0.2, -0.15) is 0 Å². The van der Waals surface area contributed by atoms with Crippen molar-refractivity contribution in [2.24, 2.45) is 0 Å². The molecule has 0 aliphatic heterocycles. The van der Waals surface area contributed by atoms with Crippen LogP contribution in [0.15, 0.2) is 78.9 Å². The summed E-state index contributed by atoms with van der Waals surface area (Å²) in [6.07, 6.45) is 1.58. The van der Waals surface area contributed by atoms with Gasteiger partial charge in [0, 0.05) is 32.5 Å². The maximum absolute atomic E-state index is 13.8. The molecule has 1 unspecified atom stereocenters. The molecular weight excluding hydrogens is 533 g/mol. The molecule has 0 aliphatic rings. The molecule has 0 saturated carbocycles. The molecule has 1 atom stereocenters. The van der Waals surface area contributed by atoms with Crippen molar-refractivity contribution in [1.82, 2.24) is 10.2 Å². The van der Waals surface area contributed by atoms with E-state index < -0.39 is 21.9 Å². The SMILES string of the molecule is CCNC(=O)C(Cc1ccccc1)N(Cc1cccc(OC)c1)C(=O)CCCN(c1ccc(F)cc1)S(C)(=O)=O. The van der Waals surface area contributed by atoms with Crippen LogP contribution in [0.2, 0.25) is 0 Å². The number of carbonyl (C=O) groups excluding carboxylic acids is 2. The first-order valence-corrected chi connectivity index (χ1v) is 14.9. The van der Waals surface area contributed by atoms with Crippen LogP contribution in [0, 0.1) is 5.82 Å². The highest BCUT2D eigenvalue weighted by molar-refractivity contribution is 7.92. The quantitative estimate of drug-likeness (QED) is 0.315. The van der Waals surface area contributed by atoms with Crippen LogP contribution >= 0.6 is 0 Å². The lowest BCUT2D eigenvalue weighted by Crippen LogP contribution is -2.50. The lowest BCUT2D eigenvalue weighted by Gasteiger charge is -2.32. The van der Waals surface area contributed by atoms with Crippen LogP contribution in [0.3, 0.4) is 0 Å². The van der Waals surface area contributed by atoms with Crippen molar-refractivity contribution < 1.29 is 27.1 Å². The number of methoxy groups -OCH3 is 1. The Morgan fingerprint density at radius 3 is 2.27 bits per heavy atom. The van der Waals surface area contributed by atoms with E-state index >= 15 is 0 Å². The van der Waals surface area contributed by atoms with E-state index in [1.807, 2.05) is 55.5 Å². The molecule has 10 heteroatoms. The third kappa shape index (κ3) is 8.81. The van der Waals surface area contributed by atoms with Gasteiger partial charge in [0.05, 0.1) is 19.1 Å². The van der Waals surface area contributed by atoms with Crippen molar-refractivity contribution in [2.45, 2.75) is 38.8 Å². The molecule has 3 aromatic rings. The number of nitrogens with one attached hydrogen (secondary N) is 1. The van der Waals surface area contributed by atoms with E-state index in [2.05, 4.69) is 5.32 Å². The molecule has 0 fully saturated rings. The fourth-order valence-electron chi connectivity index (χ4n) is 4.42. The van der Waals surface area contributed by atoms with Crippen molar-refractivity contribution in [3.05, 3.63) is 95.8 Å². The summed E-state index contributed by atoms with van der Waals surface area (Å²) < 4.78 is 44.9. The molecule has 0 saturated heterocycles. The first kappa shape index (κ1) is 30.6. The molecule has 3 rings (SSSR count). The van der Waals surface area contributed by atoms with Crippen LogP contribution < -0.4 is 14.4 Å². The summed E-state index contributed by atoms with van der Waals surface area (Å²) in [5, 5.41) is 2.85. The van der Waals surface area contributed by atoms with Gasteiger partial charge in [-0.1, -0.05) is 42.5 Å². The van der Waals surface area contributed by atoms with Crippen LogP contribution in [0.4, 0.5) is 10.1 Å². The molecule has 0 radical (unpaired) electrons. The summed E-state index contributed by atoms with van der Waals surface area (Å²) in [7, 11) is -2.12. The van der Waals surface area contributed by atoms with E-state index in [0.717, 1.165) is 21.7 Å². The van der Waals surface area contributed by atoms with E-state index in [1.165, 1.54) is 24.3 Å². The summed E-state index contributed by atoms with van der Waals surface area (Å²) in [5.41, 5.74) is 2.01. The number of amides is 2. The Hall–Kier alpha value is -3.92. The fraction of sp³-hybridized carbons (Fsp3) is 0.333. The fourth-order valence-corrected chi connectivity index (χ4v) is 5.39. The average Bonchev–Trinajstić information content (AvgIpc) is 2.93. The third-order valence-corrected chi connectivity index (χ3v) is 7.57. The number of nitrogens with zero attached hydrogens (tertiary/aromatic N) is 2. The summed E-state index contributed by atoms with van der Waals surface area (Å²) >= 11 is 0. The molecule has 0 bridgehead atoms. The molecule has 2 amide bonds. The normalized spacial score (nSPS) is 11.9. The van der Waals surface area contributed by atoms with Gasteiger partial charge in [-0.15, -0.1) is 0 Å². The predicted molar refractivity (Wildman–Crippen MR) is 154 cm³/mol. The van der Waals surface area contributed by atoms with Gasteiger partial charge in [0.15, 0.2) is 0 Å². The van der Waals surface area contributed by atoms with Crippen LogP contribution in [-0.2, 0) is 32.6 Å². The average molecular weight is 570 g/mol. The maximum atomic E-state index is 13.8. The molecule has 0 heterocycles. The zero-order valence-corrected chi connectivity index (χ0v) is 23.9. The zero-order chi connectivity index (χ0) is 29.1. The second kappa shape index (κ2) is 14.5. The van der Waals surface area contributed by atoms with Gasteiger partial charge in [-0.05, 0) is 60.9 Å². The van der Waals surface area contributed by atoms with Crippen molar-refractivity contribution >= 4 is 27.5 Å². The second-order valence-electron chi connectivity index (χ2n) is 9.39. The molecule has 1 N–H and O–H groups in total. The van der Waals surface area contributed by atoms with Gasteiger partial charge >= 0.3 is 0 Å². The van der Waals surface area contributed by atoms with Crippen molar-refractivity contribution in [3.8, 4) is 5.75 Å². The number of carbonyl (C=O) groups is 2. The first-order chi connectivity index (χ1) is 19.1. The lowest BCUT2D eigenvalue weighted by atomic mass is 10.0. The van der Waals surface area contributed by atoms with E-state index in [0.29, 0.717) is 24.4 Å². The number of rotatable bonds is 14. The Kier molecular flexibility index (Phi) is 11.1. The molecule has 40 heavy (non-hydrogen) atoms. The van der Waals surface area contributed by atoms with Gasteiger partial charge in [0.25, 0.3) is 0 Å². The van der Waals surface area contributed by atoms with E-state index in [9.17, 15) is 22.4 Å². The Balaban J connectivity index is 1.87. The highest BCUT2D eigenvalue weighted by Gasteiger charge is 2.30. The van der Waals surface area contributed by atoms with E-state index in [-0.39, 0.29) is 37.7 Å². The minimum absolute atomic E-state index is 0.00186. The number of halogens is 1. The van der Waals surface area contributed by atoms with Crippen LogP contribution in [-0.4, -0.2) is 57.6 Å². The summed E-state index contributed by atoms with van der Waals surface area (Å²) in [4.78, 5) is 28.6. The van der Waals surface area contributed by atoms with E-state index in [4.69, 9.17) is 4.74 Å². The molecular formula is C30H36FN3O5S. The zero-order valence-electron chi connectivity index (χ0n) is 23.0. The largest absolute Gasteiger partial charge is 0.497 e. The number of hydrogen-bond donors (Lipinski definition) is 1. The lowest BCUT2D eigenvalue weighted by molar-refractivity contribution is -0.141. The molecule has 0 aliphatic carbocycles. The number of hydrogen-bond acceptors (Lipinski definition) is 5. The molecule has 3 aromatic carbocycles. The molecule has 0 spiro atoms. The van der Waals surface area contributed by atoms with Gasteiger partial charge < -0.3 is 15.0 Å². The minimum atomic E-state index is -3.68. The van der Waals surface area contributed by atoms with Gasteiger partial charge in [-0.25, -0.2) is 12.8 Å². The molecule has 214 valence electrons. The highest BCUT2D eigenvalue weighted by atomic mass is 32.2. The smallest absolute Gasteiger partial charge is 0.243 e. The van der Waals surface area contributed by atoms with Crippen molar-refractivity contribution in [3.63, 3.8) is 0 Å². The predicted octanol–water partition coefficient (Wildman–Crippen LogP) is 4.16. The summed E-state index contributed by atoms with van der Waals surface area (Å²) in [6.45, 7) is 2.42. The van der Waals surface area contributed by atoms with Gasteiger partial charge in [-0.3, -0.25) is 13.9 Å². The number of ether oxygens (including phenoxy) is 1. The number of anilines is 1. The van der Waals surface area contributed by atoms with Gasteiger partial charge in [0.1, 0.15) is 17.6 Å². The van der Waals surface area contributed by atoms with Crippen LogP contribution in [0.1, 0.15) is 30.9 Å². The first-order valence-electron chi connectivity index (χ1n) is 13.1. The number of sulfonamides is 1. The van der Waals surface area contributed by atoms with Crippen molar-refractivity contribution in [2.75, 3.05) is 30.8 Å². The standard InChI is InChI=1S/C30H36FN3O5S/c1-4-32-30(36)28(21-23-10-6-5-7-11-23)33(22-24-12-8-13-27(20-24)39-2)29(35)14-9-19-34(40(3,37)38)26-17-15-25(31)16-18-26/h5-8,10-13,15-18,20,28H,4,9,14,19,21-22H2,1-3H3,(H,32,36). The Labute approximate surface area is 235 Å². The summed E-state index contributed by atoms with van der Waals surface area (Å²) in [5.74, 6) is -0.407. The second-order valence-corrected chi connectivity index (χ2v) is 11.3. The monoisotopic (exact) mass is 569 g/mol. The van der Waals surface area contributed by atoms with Gasteiger partial charge in [0.2, 0.25) is 21.8 Å². The van der Waals surface area contributed by atoms with Crippen LogP contribution in [0.5, 0.6) is 5.75 Å². The maximum Gasteiger partial charge on any atom is 0.243 e. The Bertz CT molecular complexity index is 1370. The van der Waals surface area contributed by atoms with Crippen molar-refractivity contribution in [1.29, 1.82) is 0 Å². The van der Waals surface area contributed by atoms with E-state index in [1.54, 1.807) is 18.1 Å². The minimum Gasteiger partial charge on any atom is -0.497 e. The molecule has 8 nitrogen and oxygen atoms in total.